The van der Waals surface area contributed by atoms with Crippen LogP contribution in [-0.2, 0) is 18.3 Å². The molecule has 2 atom stereocenters. The molecule has 8 nitrogen and oxygen atoms in total. The average Bonchev–Trinajstić information content (AvgIpc) is 3.02. The van der Waals surface area contributed by atoms with E-state index in [-0.39, 0.29) is 17.4 Å². The number of fused-ring (bicyclic) bond motifs is 2. The molecule has 0 spiro atoms. The van der Waals surface area contributed by atoms with Crippen molar-refractivity contribution >= 4 is 39.4 Å². The number of aryl methyl sites for hydroxylation is 1. The second-order valence-electron chi connectivity index (χ2n) is 11.2. The third-order valence-corrected chi connectivity index (χ3v) is 8.23. The molecule has 0 bridgehead atoms. The quantitative estimate of drug-likeness (QED) is 0.151. The van der Waals surface area contributed by atoms with Crippen LogP contribution in [0.25, 0.3) is 32.9 Å². The summed E-state index contributed by atoms with van der Waals surface area (Å²) in [6.45, 7) is 2.95. The number of aliphatic carboxylic acids is 1. The van der Waals surface area contributed by atoms with Crippen LogP contribution in [0.3, 0.4) is 0 Å². The zero-order valence-corrected chi connectivity index (χ0v) is 25.7. The summed E-state index contributed by atoms with van der Waals surface area (Å²) < 4.78 is 85.1. The number of pyridine rings is 2. The summed E-state index contributed by atoms with van der Waals surface area (Å²) in [5, 5.41) is 14.6. The Morgan fingerprint density at radius 1 is 1.00 bits per heavy atom. The lowest BCUT2D eigenvalue weighted by molar-refractivity contribution is -0.143. The fraction of sp³-hybridized carbons (Fsp3) is 0.235. The lowest BCUT2D eigenvalue weighted by atomic mass is 9.93. The van der Waals surface area contributed by atoms with Crippen LogP contribution >= 0.6 is 0 Å². The lowest BCUT2D eigenvalue weighted by Crippen LogP contribution is -2.43. The number of nitrogens with zero attached hydrogens (tertiary/aromatic N) is 2. The molecule has 0 saturated heterocycles. The first kappa shape index (κ1) is 33.9. The molecular formula is C34H28F6N4O4. The molecule has 1 amide bonds. The number of benzene rings is 3. The number of carbonyl (C=O) groups is 2. The van der Waals surface area contributed by atoms with Crippen molar-refractivity contribution in [2.24, 2.45) is 7.05 Å². The first-order chi connectivity index (χ1) is 22.6. The van der Waals surface area contributed by atoms with Gasteiger partial charge in [-0.25, -0.2) is 18.0 Å². The van der Waals surface area contributed by atoms with Crippen molar-refractivity contribution in [2.45, 2.75) is 44.9 Å². The third kappa shape index (κ3) is 6.42. The van der Waals surface area contributed by atoms with Crippen molar-refractivity contribution in [1.29, 1.82) is 0 Å². The van der Waals surface area contributed by atoms with Gasteiger partial charge in [-0.15, -0.1) is 0 Å². The van der Waals surface area contributed by atoms with E-state index >= 15 is 0 Å². The predicted octanol–water partition coefficient (Wildman–Crippen LogP) is 6.66. The molecule has 0 aliphatic heterocycles. The summed E-state index contributed by atoms with van der Waals surface area (Å²) >= 11 is 0. The number of hydrogen-bond donors (Lipinski definition) is 3. The third-order valence-electron chi connectivity index (χ3n) is 8.23. The summed E-state index contributed by atoms with van der Waals surface area (Å²) in [6.07, 6.45) is -4.05. The van der Waals surface area contributed by atoms with E-state index in [2.05, 4.69) is 10.3 Å². The second-order valence-corrected chi connectivity index (χ2v) is 11.2. The average molecular weight is 671 g/mol. The molecule has 2 unspecified atom stereocenters. The van der Waals surface area contributed by atoms with Crippen LogP contribution in [0.15, 0.2) is 65.6 Å². The van der Waals surface area contributed by atoms with Gasteiger partial charge in [0, 0.05) is 47.4 Å². The highest BCUT2D eigenvalue weighted by molar-refractivity contribution is 6.00. The normalized spacial score (nSPS) is 13.0. The second kappa shape index (κ2) is 13.0. The van der Waals surface area contributed by atoms with Crippen molar-refractivity contribution in [1.82, 2.24) is 14.9 Å². The highest BCUT2D eigenvalue weighted by Gasteiger charge is 2.38. The van der Waals surface area contributed by atoms with Gasteiger partial charge in [0.15, 0.2) is 5.43 Å². The number of nitrogens with one attached hydrogen (secondary N) is 2. The minimum Gasteiger partial charge on any atom is -0.480 e. The van der Waals surface area contributed by atoms with Gasteiger partial charge < -0.3 is 20.3 Å². The number of halogens is 6. The summed E-state index contributed by atoms with van der Waals surface area (Å²) in [5.41, 5.74) is 0.213. The standard InChI is InChI=1S/C34H28F6N4O4/c1-4-27(34(38,39)40)42-19-14-23(36)29(24(37)15-19)32(46)43-25(33(47)48)12-17-7-9-21(30-20(17)6-5-11-41-30)28-16(2)44(3)26-10-8-18(35)13-22(26)31(28)45/h5-11,13-15,25,27,42H,4,12H2,1-3H3,(H,43,46)(H,47,48). The van der Waals surface area contributed by atoms with Crippen LogP contribution < -0.4 is 16.1 Å². The fourth-order valence-corrected chi connectivity index (χ4v) is 5.70. The molecule has 0 aliphatic carbocycles. The highest BCUT2D eigenvalue weighted by atomic mass is 19.4. The number of anilines is 1. The van der Waals surface area contributed by atoms with Gasteiger partial charge in [-0.2, -0.15) is 13.2 Å². The highest BCUT2D eigenvalue weighted by Crippen LogP contribution is 2.32. The van der Waals surface area contributed by atoms with Gasteiger partial charge in [0.25, 0.3) is 5.91 Å². The van der Waals surface area contributed by atoms with Crippen molar-refractivity contribution < 1.29 is 41.0 Å². The van der Waals surface area contributed by atoms with E-state index in [9.17, 15) is 45.8 Å². The number of alkyl halides is 3. The van der Waals surface area contributed by atoms with Crippen LogP contribution in [-0.4, -0.2) is 44.8 Å². The molecule has 5 rings (SSSR count). The first-order valence-electron chi connectivity index (χ1n) is 14.6. The van der Waals surface area contributed by atoms with Gasteiger partial charge in [0.1, 0.15) is 35.1 Å². The van der Waals surface area contributed by atoms with Crippen LogP contribution in [0.5, 0.6) is 0 Å². The molecule has 0 aliphatic rings. The van der Waals surface area contributed by atoms with Crippen LogP contribution in [0.4, 0.5) is 32.0 Å². The van der Waals surface area contributed by atoms with Gasteiger partial charge in [-0.05, 0) is 55.3 Å². The molecule has 5 aromatic rings. The van der Waals surface area contributed by atoms with E-state index in [0.29, 0.717) is 45.4 Å². The number of rotatable bonds is 9. The Bertz CT molecular complexity index is 2120. The molecule has 3 aromatic carbocycles. The Hall–Kier alpha value is -5.40. The number of carboxylic acid groups (broad SMARTS) is 1. The van der Waals surface area contributed by atoms with Gasteiger partial charge in [0.05, 0.1) is 16.6 Å². The summed E-state index contributed by atoms with van der Waals surface area (Å²) in [5.74, 6) is -6.56. The molecule has 14 heteroatoms. The number of amides is 1. The van der Waals surface area contributed by atoms with E-state index < -0.39 is 70.7 Å². The molecule has 0 saturated carbocycles. The Labute approximate surface area is 269 Å². The van der Waals surface area contributed by atoms with Crippen molar-refractivity contribution in [3.8, 4) is 11.1 Å². The predicted molar refractivity (Wildman–Crippen MR) is 167 cm³/mol. The van der Waals surface area contributed by atoms with Gasteiger partial charge in [-0.1, -0.05) is 25.1 Å². The Kier molecular flexibility index (Phi) is 9.20. The molecule has 2 aromatic heterocycles. The zero-order chi connectivity index (χ0) is 35.1. The number of hydrogen-bond acceptors (Lipinski definition) is 5. The topological polar surface area (TPSA) is 113 Å². The number of carbonyl (C=O) groups excluding carboxylic acids is 1. The van der Waals surface area contributed by atoms with Crippen molar-refractivity contribution in [2.75, 3.05) is 5.32 Å². The Morgan fingerprint density at radius 3 is 2.31 bits per heavy atom. The SMILES string of the molecule is CCC(Nc1cc(F)c(C(=O)NC(Cc2ccc(-c3c(C)n(C)c4ccc(F)cc4c3=O)c3ncccc23)C(=O)O)c(F)c1)C(F)(F)F. The van der Waals surface area contributed by atoms with Crippen molar-refractivity contribution in [3.05, 3.63) is 105 Å². The molecule has 3 N–H and O–H groups in total. The van der Waals surface area contributed by atoms with Crippen LogP contribution in [0.2, 0.25) is 0 Å². The van der Waals surface area contributed by atoms with Crippen LogP contribution in [0.1, 0.15) is 35.0 Å². The van der Waals surface area contributed by atoms with E-state index in [1.165, 1.54) is 31.3 Å². The Morgan fingerprint density at radius 2 is 1.69 bits per heavy atom. The van der Waals surface area contributed by atoms with E-state index in [1.54, 1.807) is 36.7 Å². The maximum absolute atomic E-state index is 14.9. The smallest absolute Gasteiger partial charge is 0.408 e. The van der Waals surface area contributed by atoms with Gasteiger partial charge >= 0.3 is 12.1 Å². The maximum atomic E-state index is 14.9. The minimum absolute atomic E-state index is 0.147. The number of carboxylic acids is 1. The Balaban J connectivity index is 1.49. The largest absolute Gasteiger partial charge is 0.480 e. The maximum Gasteiger partial charge on any atom is 0.408 e. The minimum atomic E-state index is -4.70. The molecule has 250 valence electrons. The van der Waals surface area contributed by atoms with E-state index in [4.69, 9.17) is 0 Å². The van der Waals surface area contributed by atoms with Crippen LogP contribution in [0, 0.1) is 24.4 Å². The molecule has 48 heavy (non-hydrogen) atoms. The zero-order valence-electron chi connectivity index (χ0n) is 25.7. The first-order valence-corrected chi connectivity index (χ1v) is 14.6. The fourth-order valence-electron chi connectivity index (χ4n) is 5.70. The molecule has 0 radical (unpaired) electrons. The van der Waals surface area contributed by atoms with E-state index in [0.717, 1.165) is 6.07 Å². The lowest BCUT2D eigenvalue weighted by Gasteiger charge is -2.22. The van der Waals surface area contributed by atoms with Crippen molar-refractivity contribution in [3.63, 3.8) is 0 Å². The molecule has 2 heterocycles. The summed E-state index contributed by atoms with van der Waals surface area (Å²) in [6, 6.07) is 7.41. The summed E-state index contributed by atoms with van der Waals surface area (Å²) in [4.78, 5) is 43.3. The van der Waals surface area contributed by atoms with E-state index in [1.807, 2.05) is 5.32 Å². The monoisotopic (exact) mass is 670 g/mol. The van der Waals surface area contributed by atoms with Gasteiger partial charge in [0.2, 0.25) is 0 Å². The molecule has 0 fully saturated rings. The number of aromatic nitrogens is 2. The summed E-state index contributed by atoms with van der Waals surface area (Å²) in [7, 11) is 1.73. The molecular weight excluding hydrogens is 642 g/mol. The van der Waals surface area contributed by atoms with Gasteiger partial charge in [-0.3, -0.25) is 14.6 Å².